The topological polar surface area (TPSA) is 13.1 Å². The lowest BCUT2D eigenvalue weighted by Gasteiger charge is -2.34. The fourth-order valence-electron chi connectivity index (χ4n) is 8.44. The third-order valence-corrected chi connectivity index (χ3v) is 10.4. The lowest BCUT2D eigenvalue weighted by atomic mass is 9.89. The minimum atomic E-state index is 1.13. The van der Waals surface area contributed by atoms with Gasteiger partial charge in [0.2, 0.25) is 0 Å². The molecule has 0 N–H and O–H groups in total. The number of para-hydroxylation sites is 4. The highest BCUT2D eigenvalue weighted by Crippen LogP contribution is 2.55. The number of hydrogen-bond acceptors (Lipinski definition) is 1. The summed E-state index contributed by atoms with van der Waals surface area (Å²) >= 11 is 0. The van der Waals surface area contributed by atoms with Gasteiger partial charge in [-0.2, -0.15) is 0 Å². The number of anilines is 3. The molecule has 1 aliphatic rings. The minimum Gasteiger partial charge on any atom is -0.309 e. The Kier molecular flexibility index (Phi) is 5.38. The molecule has 0 aliphatic carbocycles. The molecule has 2 aromatic heterocycles. The van der Waals surface area contributed by atoms with Crippen LogP contribution in [0.5, 0.6) is 0 Å². The average Bonchev–Trinajstić information content (AvgIpc) is 3.69. The standard InChI is InChI=1S/C46H29N3/c1-2-15-31(16-3-1)49-42-26-11-14-30-13-10-22-36(44(30)42)37-27-28-43-45(46(37)49)38-21-6-9-25-41(38)48(43)33-18-12-17-32(29-33)47-39-23-7-4-19-34(39)35-20-5-8-24-40(35)47/h1-29H. The summed E-state index contributed by atoms with van der Waals surface area (Å²) in [5.74, 6) is 0. The molecule has 3 heterocycles. The van der Waals surface area contributed by atoms with Crippen LogP contribution in [0.15, 0.2) is 176 Å². The molecule has 0 unspecified atom stereocenters. The molecule has 0 bridgehead atoms. The lowest BCUT2D eigenvalue weighted by molar-refractivity contribution is 1.13. The zero-order chi connectivity index (χ0) is 32.1. The van der Waals surface area contributed by atoms with Crippen molar-refractivity contribution in [3.8, 4) is 22.5 Å². The number of nitrogens with zero attached hydrogens (tertiary/aromatic N) is 3. The Labute approximate surface area is 283 Å². The zero-order valence-corrected chi connectivity index (χ0v) is 26.6. The van der Waals surface area contributed by atoms with Crippen LogP contribution in [0.1, 0.15) is 0 Å². The summed E-state index contributed by atoms with van der Waals surface area (Å²) in [6.45, 7) is 0. The molecule has 0 amide bonds. The van der Waals surface area contributed by atoms with Gasteiger partial charge in [0.1, 0.15) is 0 Å². The van der Waals surface area contributed by atoms with Crippen molar-refractivity contribution in [2.75, 3.05) is 4.90 Å². The van der Waals surface area contributed by atoms with Crippen molar-refractivity contribution in [3.05, 3.63) is 176 Å². The van der Waals surface area contributed by atoms with Crippen molar-refractivity contribution in [1.29, 1.82) is 0 Å². The Hall–Kier alpha value is -6.58. The number of rotatable bonds is 3. The predicted octanol–water partition coefficient (Wildman–Crippen LogP) is 12.5. The molecule has 228 valence electrons. The Balaban J connectivity index is 1.23. The molecule has 0 radical (unpaired) electrons. The van der Waals surface area contributed by atoms with Gasteiger partial charge in [0.25, 0.3) is 0 Å². The highest BCUT2D eigenvalue weighted by atomic mass is 15.2. The number of benzene rings is 8. The summed E-state index contributed by atoms with van der Waals surface area (Å²) in [5.41, 5.74) is 13.2. The van der Waals surface area contributed by atoms with Crippen LogP contribution in [0, 0.1) is 0 Å². The quantitative estimate of drug-likeness (QED) is 0.191. The summed E-state index contributed by atoms with van der Waals surface area (Å²) in [6, 6.07) is 64.2. The van der Waals surface area contributed by atoms with Crippen LogP contribution in [-0.2, 0) is 0 Å². The number of aromatic nitrogens is 2. The monoisotopic (exact) mass is 623 g/mol. The molecule has 49 heavy (non-hydrogen) atoms. The Morgan fingerprint density at radius 3 is 1.59 bits per heavy atom. The highest BCUT2D eigenvalue weighted by molar-refractivity contribution is 6.24. The maximum Gasteiger partial charge on any atom is 0.0640 e. The molecule has 0 saturated carbocycles. The van der Waals surface area contributed by atoms with E-state index in [1.165, 1.54) is 76.9 Å². The van der Waals surface area contributed by atoms with Crippen LogP contribution in [-0.4, -0.2) is 9.13 Å². The largest absolute Gasteiger partial charge is 0.309 e. The van der Waals surface area contributed by atoms with Crippen molar-refractivity contribution in [2.45, 2.75) is 0 Å². The highest BCUT2D eigenvalue weighted by Gasteiger charge is 2.30. The van der Waals surface area contributed by atoms with Gasteiger partial charge in [-0.05, 0) is 71.6 Å². The first-order valence-corrected chi connectivity index (χ1v) is 16.9. The molecule has 11 rings (SSSR count). The van der Waals surface area contributed by atoms with Crippen molar-refractivity contribution in [1.82, 2.24) is 9.13 Å². The summed E-state index contributed by atoms with van der Waals surface area (Å²) in [5, 5.41) is 7.58. The van der Waals surface area contributed by atoms with E-state index in [0.717, 1.165) is 17.1 Å². The first-order valence-electron chi connectivity index (χ1n) is 16.9. The summed E-state index contributed by atoms with van der Waals surface area (Å²) in [4.78, 5) is 2.48. The first kappa shape index (κ1) is 26.5. The molecule has 0 fully saturated rings. The van der Waals surface area contributed by atoms with E-state index in [1.807, 2.05) is 0 Å². The second-order valence-corrected chi connectivity index (χ2v) is 12.9. The van der Waals surface area contributed by atoms with E-state index in [-0.39, 0.29) is 0 Å². The van der Waals surface area contributed by atoms with Crippen LogP contribution in [0.4, 0.5) is 17.1 Å². The molecule has 3 nitrogen and oxygen atoms in total. The van der Waals surface area contributed by atoms with Gasteiger partial charge < -0.3 is 14.0 Å². The number of fused-ring (bicyclic) bond motifs is 9. The summed E-state index contributed by atoms with van der Waals surface area (Å²) in [7, 11) is 0. The van der Waals surface area contributed by atoms with Crippen LogP contribution < -0.4 is 4.90 Å². The molecule has 10 aromatic rings. The fraction of sp³-hybridized carbons (Fsp3) is 0. The Morgan fingerprint density at radius 2 is 0.878 bits per heavy atom. The third-order valence-electron chi connectivity index (χ3n) is 10.4. The molecule has 8 aromatic carbocycles. The summed E-state index contributed by atoms with van der Waals surface area (Å²) in [6.07, 6.45) is 0. The zero-order valence-electron chi connectivity index (χ0n) is 26.6. The van der Waals surface area contributed by atoms with Crippen LogP contribution >= 0.6 is 0 Å². The van der Waals surface area contributed by atoms with Crippen molar-refractivity contribution < 1.29 is 0 Å². The Morgan fingerprint density at radius 1 is 0.327 bits per heavy atom. The van der Waals surface area contributed by atoms with E-state index in [0.29, 0.717) is 0 Å². The second kappa shape index (κ2) is 9.96. The SMILES string of the molecule is c1ccc(N2c3cccc4cccc(c34)-c3ccc4c(c32)c2ccccc2n4-c2cccc(-n3c4ccccc4c4ccccc43)c2)cc1. The van der Waals surface area contributed by atoms with E-state index < -0.39 is 0 Å². The van der Waals surface area contributed by atoms with Gasteiger partial charge in [0.15, 0.2) is 0 Å². The minimum absolute atomic E-state index is 1.13. The van der Waals surface area contributed by atoms with Gasteiger partial charge in [-0.1, -0.05) is 115 Å². The van der Waals surface area contributed by atoms with Gasteiger partial charge in [-0.25, -0.2) is 0 Å². The maximum absolute atomic E-state index is 2.48. The molecule has 0 saturated heterocycles. The van der Waals surface area contributed by atoms with Crippen molar-refractivity contribution in [3.63, 3.8) is 0 Å². The van der Waals surface area contributed by atoms with Crippen molar-refractivity contribution >= 4 is 71.4 Å². The van der Waals surface area contributed by atoms with Crippen LogP contribution in [0.3, 0.4) is 0 Å². The normalized spacial score (nSPS) is 12.4. The second-order valence-electron chi connectivity index (χ2n) is 12.9. The van der Waals surface area contributed by atoms with E-state index in [4.69, 9.17) is 0 Å². The first-order chi connectivity index (χ1) is 24.3. The van der Waals surface area contributed by atoms with Gasteiger partial charge in [-0.15, -0.1) is 0 Å². The van der Waals surface area contributed by atoms with Crippen molar-refractivity contribution in [2.24, 2.45) is 0 Å². The van der Waals surface area contributed by atoms with Gasteiger partial charge in [0, 0.05) is 49.6 Å². The lowest BCUT2D eigenvalue weighted by Crippen LogP contribution is -2.15. The van der Waals surface area contributed by atoms with E-state index in [2.05, 4.69) is 190 Å². The Bertz CT molecular complexity index is 2890. The maximum atomic E-state index is 2.48. The smallest absolute Gasteiger partial charge is 0.0640 e. The fourth-order valence-corrected chi connectivity index (χ4v) is 8.44. The molecular weight excluding hydrogens is 595 g/mol. The van der Waals surface area contributed by atoms with Crippen LogP contribution in [0.2, 0.25) is 0 Å². The van der Waals surface area contributed by atoms with Gasteiger partial charge in [-0.3, -0.25) is 0 Å². The third kappa shape index (κ3) is 3.62. The van der Waals surface area contributed by atoms with E-state index in [1.54, 1.807) is 0 Å². The predicted molar refractivity (Wildman–Crippen MR) is 206 cm³/mol. The van der Waals surface area contributed by atoms with Gasteiger partial charge >= 0.3 is 0 Å². The molecule has 1 aliphatic heterocycles. The molecule has 0 spiro atoms. The molecule has 3 heteroatoms. The molecular formula is C46H29N3. The van der Waals surface area contributed by atoms with Crippen LogP contribution in [0.25, 0.3) is 76.9 Å². The average molecular weight is 624 g/mol. The van der Waals surface area contributed by atoms with Gasteiger partial charge in [0.05, 0.1) is 33.4 Å². The molecule has 0 atom stereocenters. The van der Waals surface area contributed by atoms with E-state index >= 15 is 0 Å². The van der Waals surface area contributed by atoms with E-state index in [9.17, 15) is 0 Å². The summed E-state index contributed by atoms with van der Waals surface area (Å²) < 4.78 is 4.85. The number of hydrogen-bond donors (Lipinski definition) is 0.